The lowest BCUT2D eigenvalue weighted by atomic mass is 9.89. The SMILES string of the molecule is CC(C)(C)c1[nH]ncc1CNC1CCN(C(=O)c2ccoc2)CC1. The summed E-state index contributed by atoms with van der Waals surface area (Å²) in [6.45, 7) is 8.92. The third-order valence-electron chi connectivity index (χ3n) is 4.60. The lowest BCUT2D eigenvalue weighted by Crippen LogP contribution is -2.44. The maximum absolute atomic E-state index is 12.3. The molecule has 1 saturated heterocycles. The molecule has 2 aromatic rings. The van der Waals surface area contributed by atoms with Crippen molar-refractivity contribution in [3.8, 4) is 0 Å². The standard InChI is InChI=1S/C18H26N4O2/c1-18(2,3)16-14(11-20-21-16)10-19-15-4-7-22(8-5-15)17(23)13-6-9-24-12-13/h6,9,11-12,15,19H,4-5,7-8,10H2,1-3H3,(H,20,21). The van der Waals surface area contributed by atoms with Gasteiger partial charge in [-0.2, -0.15) is 5.10 Å². The molecular weight excluding hydrogens is 304 g/mol. The first-order chi connectivity index (χ1) is 11.4. The van der Waals surface area contributed by atoms with Crippen molar-refractivity contribution in [2.45, 2.75) is 51.6 Å². The number of nitrogens with one attached hydrogen (secondary N) is 2. The average molecular weight is 330 g/mol. The number of carbonyl (C=O) groups excluding carboxylic acids is 1. The first-order valence-corrected chi connectivity index (χ1v) is 8.53. The fourth-order valence-electron chi connectivity index (χ4n) is 3.20. The third-order valence-corrected chi connectivity index (χ3v) is 4.60. The van der Waals surface area contributed by atoms with E-state index in [1.807, 2.05) is 11.1 Å². The fourth-order valence-corrected chi connectivity index (χ4v) is 3.20. The van der Waals surface area contributed by atoms with E-state index in [0.717, 1.165) is 32.5 Å². The molecule has 1 amide bonds. The number of H-pyrrole nitrogens is 1. The number of aromatic nitrogens is 2. The van der Waals surface area contributed by atoms with Crippen LogP contribution in [0.5, 0.6) is 0 Å². The van der Waals surface area contributed by atoms with Gasteiger partial charge in [0.25, 0.3) is 5.91 Å². The van der Waals surface area contributed by atoms with Crippen LogP contribution in [0.3, 0.4) is 0 Å². The summed E-state index contributed by atoms with van der Waals surface area (Å²) < 4.78 is 5.00. The smallest absolute Gasteiger partial charge is 0.257 e. The van der Waals surface area contributed by atoms with E-state index >= 15 is 0 Å². The summed E-state index contributed by atoms with van der Waals surface area (Å²) in [5, 5.41) is 10.9. The first-order valence-electron chi connectivity index (χ1n) is 8.53. The summed E-state index contributed by atoms with van der Waals surface area (Å²) in [6.07, 6.45) is 6.89. The van der Waals surface area contributed by atoms with Gasteiger partial charge in [0, 0.05) is 42.3 Å². The van der Waals surface area contributed by atoms with Crippen LogP contribution in [0, 0.1) is 0 Å². The maximum atomic E-state index is 12.3. The molecule has 0 unspecified atom stereocenters. The van der Waals surface area contributed by atoms with E-state index in [1.165, 1.54) is 17.5 Å². The molecule has 2 N–H and O–H groups in total. The predicted molar refractivity (Wildman–Crippen MR) is 91.8 cm³/mol. The minimum absolute atomic E-state index is 0.0621. The van der Waals surface area contributed by atoms with Crippen LogP contribution in [0.2, 0.25) is 0 Å². The Morgan fingerprint density at radius 1 is 1.42 bits per heavy atom. The van der Waals surface area contributed by atoms with Crippen molar-refractivity contribution in [1.29, 1.82) is 0 Å². The van der Waals surface area contributed by atoms with Crippen LogP contribution in [0.25, 0.3) is 0 Å². The van der Waals surface area contributed by atoms with E-state index in [1.54, 1.807) is 12.3 Å². The number of hydrogen-bond donors (Lipinski definition) is 2. The van der Waals surface area contributed by atoms with Gasteiger partial charge in [0.05, 0.1) is 18.0 Å². The molecule has 3 heterocycles. The highest BCUT2D eigenvalue weighted by Gasteiger charge is 2.25. The average Bonchev–Trinajstić information content (AvgIpc) is 3.23. The predicted octanol–water partition coefficient (Wildman–Crippen LogP) is 2.69. The number of nitrogens with zero attached hydrogens (tertiary/aromatic N) is 2. The number of hydrogen-bond acceptors (Lipinski definition) is 4. The van der Waals surface area contributed by atoms with E-state index in [0.29, 0.717) is 11.6 Å². The fraction of sp³-hybridized carbons (Fsp3) is 0.556. The molecule has 3 rings (SSSR count). The van der Waals surface area contributed by atoms with Crippen LogP contribution in [-0.4, -0.2) is 40.1 Å². The summed E-state index contributed by atoms with van der Waals surface area (Å²) in [7, 11) is 0. The van der Waals surface area contributed by atoms with Crippen molar-refractivity contribution in [2.75, 3.05) is 13.1 Å². The molecule has 1 fully saturated rings. The van der Waals surface area contributed by atoms with Gasteiger partial charge in [-0.1, -0.05) is 20.8 Å². The molecule has 1 aliphatic rings. The molecule has 0 bridgehead atoms. The highest BCUT2D eigenvalue weighted by Crippen LogP contribution is 2.23. The second kappa shape index (κ2) is 6.81. The van der Waals surface area contributed by atoms with E-state index in [4.69, 9.17) is 4.42 Å². The number of amides is 1. The van der Waals surface area contributed by atoms with Crippen LogP contribution in [0.15, 0.2) is 29.2 Å². The molecule has 130 valence electrons. The number of piperidine rings is 1. The number of aromatic amines is 1. The van der Waals surface area contributed by atoms with Gasteiger partial charge in [-0.25, -0.2) is 0 Å². The second-order valence-electron chi connectivity index (χ2n) is 7.48. The van der Waals surface area contributed by atoms with Gasteiger partial charge in [0.1, 0.15) is 6.26 Å². The van der Waals surface area contributed by atoms with Crippen LogP contribution in [0.1, 0.15) is 55.2 Å². The Labute approximate surface area is 142 Å². The number of rotatable bonds is 4. The van der Waals surface area contributed by atoms with Gasteiger partial charge in [-0.05, 0) is 18.9 Å². The maximum Gasteiger partial charge on any atom is 0.257 e. The Morgan fingerprint density at radius 3 is 2.79 bits per heavy atom. The van der Waals surface area contributed by atoms with Gasteiger partial charge in [0.2, 0.25) is 0 Å². The molecule has 6 heteroatoms. The van der Waals surface area contributed by atoms with Crippen molar-refractivity contribution < 1.29 is 9.21 Å². The van der Waals surface area contributed by atoms with Crippen molar-refractivity contribution >= 4 is 5.91 Å². The zero-order chi connectivity index (χ0) is 17.2. The summed E-state index contributed by atoms with van der Waals surface area (Å²) in [5.41, 5.74) is 3.10. The third kappa shape index (κ3) is 3.70. The van der Waals surface area contributed by atoms with E-state index in [2.05, 4.69) is 36.3 Å². The van der Waals surface area contributed by atoms with Crippen LogP contribution in [-0.2, 0) is 12.0 Å². The zero-order valence-corrected chi connectivity index (χ0v) is 14.6. The lowest BCUT2D eigenvalue weighted by molar-refractivity contribution is 0.0704. The number of likely N-dealkylation sites (tertiary alicyclic amines) is 1. The van der Waals surface area contributed by atoms with Crippen LogP contribution < -0.4 is 5.32 Å². The van der Waals surface area contributed by atoms with Gasteiger partial charge in [-0.15, -0.1) is 0 Å². The van der Waals surface area contributed by atoms with Crippen LogP contribution in [0.4, 0.5) is 0 Å². The van der Waals surface area contributed by atoms with E-state index in [9.17, 15) is 4.79 Å². The summed E-state index contributed by atoms with van der Waals surface area (Å²) in [4.78, 5) is 14.2. The molecule has 0 saturated carbocycles. The molecule has 0 atom stereocenters. The topological polar surface area (TPSA) is 74.2 Å². The second-order valence-corrected chi connectivity index (χ2v) is 7.48. The molecule has 6 nitrogen and oxygen atoms in total. The molecule has 0 radical (unpaired) electrons. The zero-order valence-electron chi connectivity index (χ0n) is 14.6. The normalized spacial score (nSPS) is 16.5. The molecule has 2 aromatic heterocycles. The minimum Gasteiger partial charge on any atom is -0.472 e. The Morgan fingerprint density at radius 2 is 2.17 bits per heavy atom. The van der Waals surface area contributed by atoms with Gasteiger partial charge in [0.15, 0.2) is 0 Å². The van der Waals surface area contributed by atoms with Gasteiger partial charge < -0.3 is 14.6 Å². The molecular formula is C18H26N4O2. The largest absolute Gasteiger partial charge is 0.472 e. The summed E-state index contributed by atoms with van der Waals surface area (Å²) in [6, 6.07) is 2.15. The molecule has 0 aromatic carbocycles. The quantitative estimate of drug-likeness (QED) is 0.904. The molecule has 0 aliphatic carbocycles. The summed E-state index contributed by atoms with van der Waals surface area (Å²) >= 11 is 0. The summed E-state index contributed by atoms with van der Waals surface area (Å²) in [5.74, 6) is 0.0621. The van der Waals surface area contributed by atoms with Crippen LogP contribution >= 0.6 is 0 Å². The lowest BCUT2D eigenvalue weighted by Gasteiger charge is -2.32. The van der Waals surface area contributed by atoms with E-state index < -0.39 is 0 Å². The number of furan rings is 1. The van der Waals surface area contributed by atoms with Gasteiger partial charge in [-0.3, -0.25) is 9.89 Å². The Kier molecular flexibility index (Phi) is 4.76. The monoisotopic (exact) mass is 330 g/mol. The number of carbonyl (C=O) groups is 1. The molecule has 24 heavy (non-hydrogen) atoms. The minimum atomic E-state index is 0.0621. The Hall–Kier alpha value is -2.08. The first kappa shape index (κ1) is 16.8. The van der Waals surface area contributed by atoms with Crippen molar-refractivity contribution in [2.24, 2.45) is 0 Å². The molecule has 1 aliphatic heterocycles. The Bertz CT molecular complexity index is 662. The van der Waals surface area contributed by atoms with E-state index in [-0.39, 0.29) is 11.3 Å². The van der Waals surface area contributed by atoms with Crippen molar-refractivity contribution in [3.05, 3.63) is 41.6 Å². The van der Waals surface area contributed by atoms with Crippen molar-refractivity contribution in [3.63, 3.8) is 0 Å². The molecule has 0 spiro atoms. The highest BCUT2D eigenvalue weighted by atomic mass is 16.3. The highest BCUT2D eigenvalue weighted by molar-refractivity contribution is 5.93. The van der Waals surface area contributed by atoms with Crippen molar-refractivity contribution in [1.82, 2.24) is 20.4 Å². The van der Waals surface area contributed by atoms with Gasteiger partial charge >= 0.3 is 0 Å². The Balaban J connectivity index is 1.50.